The molecule has 0 aromatic carbocycles. The minimum atomic E-state index is -0.409. The molecule has 0 radical (unpaired) electrons. The van der Waals surface area contributed by atoms with Crippen LogP contribution in [0, 0.1) is 5.41 Å². The number of hydrogen-bond donors (Lipinski definition) is 0. The summed E-state index contributed by atoms with van der Waals surface area (Å²) in [6.07, 6.45) is 7.49. The number of rotatable bonds is 5. The number of hydrogen-bond acceptors (Lipinski definition) is 2. The highest BCUT2D eigenvalue weighted by Gasteiger charge is 2.48. The van der Waals surface area contributed by atoms with Gasteiger partial charge in [0.1, 0.15) is 0 Å². The Kier molecular flexibility index (Phi) is 4.57. The van der Waals surface area contributed by atoms with Gasteiger partial charge in [-0.15, -0.1) is 6.58 Å². The zero-order chi connectivity index (χ0) is 12.2. The summed E-state index contributed by atoms with van der Waals surface area (Å²) in [6, 6.07) is 0. The van der Waals surface area contributed by atoms with E-state index in [1.54, 1.807) is 7.11 Å². The summed E-state index contributed by atoms with van der Waals surface area (Å²) in [6.45, 7) is 10.4. The Balaban J connectivity index is 2.82. The van der Waals surface area contributed by atoms with Crippen LogP contribution in [0.15, 0.2) is 12.7 Å². The van der Waals surface area contributed by atoms with E-state index in [9.17, 15) is 0 Å². The number of methoxy groups -OCH3 is 1. The van der Waals surface area contributed by atoms with Crippen LogP contribution < -0.4 is 0 Å². The predicted molar refractivity (Wildman–Crippen MR) is 67.4 cm³/mol. The van der Waals surface area contributed by atoms with Gasteiger partial charge < -0.3 is 9.47 Å². The first-order chi connectivity index (χ1) is 7.51. The van der Waals surface area contributed by atoms with Crippen LogP contribution >= 0.6 is 0 Å². The molecule has 2 atom stereocenters. The van der Waals surface area contributed by atoms with Crippen molar-refractivity contribution in [3.63, 3.8) is 0 Å². The van der Waals surface area contributed by atoms with Crippen LogP contribution in [0.1, 0.15) is 52.9 Å². The highest BCUT2D eigenvalue weighted by atomic mass is 16.7. The van der Waals surface area contributed by atoms with Gasteiger partial charge in [0.05, 0.1) is 6.10 Å². The molecule has 94 valence electrons. The molecule has 2 nitrogen and oxygen atoms in total. The molecular formula is C14H26O2. The fourth-order valence-electron chi connectivity index (χ4n) is 2.50. The zero-order valence-corrected chi connectivity index (χ0v) is 11.2. The highest BCUT2D eigenvalue weighted by molar-refractivity contribution is 4.91. The minimum absolute atomic E-state index is 0.0571. The molecule has 1 saturated heterocycles. The van der Waals surface area contributed by atoms with Crippen LogP contribution in [-0.4, -0.2) is 19.0 Å². The summed E-state index contributed by atoms with van der Waals surface area (Å²) in [5.41, 5.74) is 0.0571. The molecule has 1 aliphatic heterocycles. The van der Waals surface area contributed by atoms with E-state index >= 15 is 0 Å². The SMILES string of the molecule is C=CC[C@@H]1CCC[C@](OC)(C(C)(C)CC)O1. The Hall–Kier alpha value is -0.340. The van der Waals surface area contributed by atoms with E-state index in [0.717, 1.165) is 25.7 Å². The maximum Gasteiger partial charge on any atom is 0.173 e. The molecule has 0 bridgehead atoms. The predicted octanol–water partition coefficient (Wildman–Crippen LogP) is 3.91. The molecule has 16 heavy (non-hydrogen) atoms. The third-order valence-corrected chi connectivity index (χ3v) is 4.06. The topological polar surface area (TPSA) is 18.5 Å². The second-order valence-corrected chi connectivity index (χ2v) is 5.35. The molecule has 1 aliphatic rings. The van der Waals surface area contributed by atoms with Gasteiger partial charge in [0.15, 0.2) is 5.79 Å². The van der Waals surface area contributed by atoms with Gasteiger partial charge in [-0.1, -0.05) is 26.8 Å². The molecule has 1 fully saturated rings. The molecule has 0 amide bonds. The van der Waals surface area contributed by atoms with Gasteiger partial charge in [-0.05, 0) is 25.7 Å². The summed E-state index contributed by atoms with van der Waals surface area (Å²) in [5.74, 6) is -0.409. The molecule has 0 aromatic rings. The van der Waals surface area contributed by atoms with Crippen LogP contribution in [-0.2, 0) is 9.47 Å². The Bertz CT molecular complexity index is 235. The van der Waals surface area contributed by atoms with E-state index in [1.165, 1.54) is 6.42 Å². The van der Waals surface area contributed by atoms with Crippen LogP contribution in [0.3, 0.4) is 0 Å². The van der Waals surface area contributed by atoms with E-state index in [2.05, 4.69) is 27.4 Å². The van der Waals surface area contributed by atoms with E-state index in [0.29, 0.717) is 0 Å². The highest BCUT2D eigenvalue weighted by Crippen LogP contribution is 2.45. The van der Waals surface area contributed by atoms with Gasteiger partial charge in [-0.2, -0.15) is 0 Å². The minimum Gasteiger partial charge on any atom is -0.353 e. The second-order valence-electron chi connectivity index (χ2n) is 5.35. The molecule has 0 unspecified atom stereocenters. The second kappa shape index (κ2) is 5.33. The lowest BCUT2D eigenvalue weighted by Gasteiger charge is -2.49. The quantitative estimate of drug-likeness (QED) is 0.662. The summed E-state index contributed by atoms with van der Waals surface area (Å²) in [7, 11) is 1.77. The third-order valence-electron chi connectivity index (χ3n) is 4.06. The average molecular weight is 226 g/mol. The van der Waals surface area contributed by atoms with Crippen LogP contribution in [0.25, 0.3) is 0 Å². The summed E-state index contributed by atoms with van der Waals surface area (Å²) < 4.78 is 12.0. The molecule has 2 heteroatoms. The van der Waals surface area contributed by atoms with E-state index in [1.807, 2.05) is 6.08 Å². The van der Waals surface area contributed by atoms with Crippen molar-refractivity contribution in [3.05, 3.63) is 12.7 Å². The molecule has 1 rings (SSSR count). The molecule has 0 spiro atoms. The summed E-state index contributed by atoms with van der Waals surface area (Å²) in [4.78, 5) is 0. The summed E-state index contributed by atoms with van der Waals surface area (Å²) in [5, 5.41) is 0. The maximum absolute atomic E-state index is 6.23. The molecule has 1 heterocycles. The fraction of sp³-hybridized carbons (Fsp3) is 0.857. The molecule has 0 aliphatic carbocycles. The van der Waals surface area contributed by atoms with Gasteiger partial charge in [-0.25, -0.2) is 0 Å². The first-order valence-corrected chi connectivity index (χ1v) is 6.35. The van der Waals surface area contributed by atoms with Gasteiger partial charge in [0.2, 0.25) is 0 Å². The van der Waals surface area contributed by atoms with Gasteiger partial charge in [0, 0.05) is 18.9 Å². The van der Waals surface area contributed by atoms with Crippen LogP contribution in [0.4, 0.5) is 0 Å². The lowest BCUT2D eigenvalue weighted by atomic mass is 9.76. The van der Waals surface area contributed by atoms with Crippen molar-refractivity contribution in [1.29, 1.82) is 0 Å². The lowest BCUT2D eigenvalue weighted by Crippen LogP contribution is -2.52. The van der Waals surface area contributed by atoms with Crippen molar-refractivity contribution >= 4 is 0 Å². The van der Waals surface area contributed by atoms with E-state index in [4.69, 9.17) is 9.47 Å². The van der Waals surface area contributed by atoms with Crippen molar-refractivity contribution < 1.29 is 9.47 Å². The van der Waals surface area contributed by atoms with Gasteiger partial charge >= 0.3 is 0 Å². The molecule has 0 aromatic heterocycles. The van der Waals surface area contributed by atoms with Crippen molar-refractivity contribution in [2.24, 2.45) is 5.41 Å². The summed E-state index contributed by atoms with van der Waals surface area (Å²) >= 11 is 0. The molecular weight excluding hydrogens is 200 g/mol. The van der Waals surface area contributed by atoms with Crippen molar-refractivity contribution in [1.82, 2.24) is 0 Å². The first kappa shape index (κ1) is 13.7. The van der Waals surface area contributed by atoms with Gasteiger partial charge in [0.25, 0.3) is 0 Å². The van der Waals surface area contributed by atoms with E-state index < -0.39 is 5.79 Å². The first-order valence-electron chi connectivity index (χ1n) is 6.35. The van der Waals surface area contributed by atoms with Crippen LogP contribution in [0.5, 0.6) is 0 Å². The smallest absolute Gasteiger partial charge is 0.173 e. The fourth-order valence-corrected chi connectivity index (χ4v) is 2.50. The van der Waals surface area contributed by atoms with Crippen molar-refractivity contribution in [2.45, 2.75) is 64.8 Å². The zero-order valence-electron chi connectivity index (χ0n) is 11.2. The average Bonchev–Trinajstić information content (AvgIpc) is 2.29. The molecule has 0 N–H and O–H groups in total. The third kappa shape index (κ3) is 2.49. The Labute approximate surface area is 100 Å². The Morgan fingerprint density at radius 1 is 1.56 bits per heavy atom. The Morgan fingerprint density at radius 3 is 2.75 bits per heavy atom. The maximum atomic E-state index is 6.23. The van der Waals surface area contributed by atoms with Gasteiger partial charge in [-0.3, -0.25) is 0 Å². The largest absolute Gasteiger partial charge is 0.353 e. The van der Waals surface area contributed by atoms with Crippen LogP contribution in [0.2, 0.25) is 0 Å². The standard InChI is InChI=1S/C14H26O2/c1-6-9-12-10-8-11-14(15-5,16-12)13(3,4)7-2/h6,12H,1,7-11H2,2-5H3/t12-,14-/m1/s1. The lowest BCUT2D eigenvalue weighted by molar-refractivity contribution is -0.318. The Morgan fingerprint density at radius 2 is 2.25 bits per heavy atom. The normalized spacial score (nSPS) is 31.4. The number of ether oxygens (including phenoxy) is 2. The monoisotopic (exact) mass is 226 g/mol. The van der Waals surface area contributed by atoms with E-state index in [-0.39, 0.29) is 11.5 Å². The van der Waals surface area contributed by atoms with Crippen molar-refractivity contribution in [3.8, 4) is 0 Å². The van der Waals surface area contributed by atoms with Crippen molar-refractivity contribution in [2.75, 3.05) is 7.11 Å². The molecule has 0 saturated carbocycles.